The van der Waals surface area contributed by atoms with Gasteiger partial charge in [0.2, 0.25) is 0 Å². The van der Waals surface area contributed by atoms with E-state index in [9.17, 15) is 4.79 Å². The first-order valence-electron chi connectivity index (χ1n) is 6.76. The Hall–Kier alpha value is -1.55. The smallest absolute Gasteiger partial charge is 0.307 e. The summed E-state index contributed by atoms with van der Waals surface area (Å²) in [6.07, 6.45) is 4.69. The quantitative estimate of drug-likeness (QED) is 0.645. The third-order valence-corrected chi connectivity index (χ3v) is 3.99. The summed E-state index contributed by atoms with van der Waals surface area (Å²) < 4.78 is 1.88. The van der Waals surface area contributed by atoms with Crippen LogP contribution in [-0.2, 0) is 6.54 Å². The highest BCUT2D eigenvalue weighted by Gasteiger charge is 2.08. The van der Waals surface area contributed by atoms with E-state index in [0.29, 0.717) is 0 Å². The van der Waals surface area contributed by atoms with E-state index in [2.05, 4.69) is 6.92 Å². The lowest BCUT2D eigenvalue weighted by Crippen LogP contribution is -2.14. The Bertz CT molecular complexity index is 569. The molecule has 0 unspecified atom stereocenters. The van der Waals surface area contributed by atoms with Crippen molar-refractivity contribution in [3.63, 3.8) is 0 Å². The van der Waals surface area contributed by atoms with Gasteiger partial charge in [-0.2, -0.15) is 0 Å². The number of aromatic nitrogens is 1. The maximum atomic E-state index is 11.9. The van der Waals surface area contributed by atoms with Gasteiger partial charge in [0, 0.05) is 17.6 Å². The van der Waals surface area contributed by atoms with Gasteiger partial charge in [-0.3, -0.25) is 9.36 Å². The molecule has 2 N–H and O–H groups in total. The first-order chi connectivity index (χ1) is 9.22. The minimum absolute atomic E-state index is 0.128. The summed E-state index contributed by atoms with van der Waals surface area (Å²) in [5.41, 5.74) is 8.51. The summed E-state index contributed by atoms with van der Waals surface area (Å²) in [6, 6.07) is 7.69. The van der Waals surface area contributed by atoms with Gasteiger partial charge in [0.25, 0.3) is 0 Å². The summed E-state index contributed by atoms with van der Waals surface area (Å²) >= 11 is 1.27. The number of unbranched alkanes of at least 4 members (excludes halogenated alkanes) is 3. The van der Waals surface area contributed by atoms with Crippen LogP contribution >= 0.6 is 11.3 Å². The van der Waals surface area contributed by atoms with E-state index in [0.717, 1.165) is 29.9 Å². The van der Waals surface area contributed by atoms with Gasteiger partial charge in [-0.1, -0.05) is 49.7 Å². The van der Waals surface area contributed by atoms with E-state index in [1.807, 2.05) is 34.2 Å². The maximum absolute atomic E-state index is 11.9. The molecule has 0 aliphatic heterocycles. The van der Waals surface area contributed by atoms with Crippen LogP contribution in [0.1, 0.15) is 32.6 Å². The summed E-state index contributed by atoms with van der Waals surface area (Å²) in [4.78, 5) is 12.0. The molecule has 1 aromatic heterocycles. The second-order valence-corrected chi connectivity index (χ2v) is 5.54. The molecule has 0 atom stereocenters. The highest BCUT2D eigenvalue weighted by atomic mass is 32.1. The van der Waals surface area contributed by atoms with Gasteiger partial charge < -0.3 is 5.73 Å². The van der Waals surface area contributed by atoms with E-state index < -0.39 is 0 Å². The monoisotopic (exact) mass is 276 g/mol. The molecule has 3 nitrogen and oxygen atoms in total. The number of hydrogen-bond donors (Lipinski definition) is 1. The Labute approximate surface area is 117 Å². The standard InChI is InChI=1S/C15H20N2OS/c1-2-3-4-5-10-17-14(11-19-15(17)18)12-6-8-13(16)9-7-12/h6-9,11H,2-5,10,16H2,1H3. The SMILES string of the molecule is CCCCCCn1c(-c2ccc(N)cc2)csc1=O. The lowest BCUT2D eigenvalue weighted by molar-refractivity contribution is 0.581. The van der Waals surface area contributed by atoms with E-state index in [1.54, 1.807) is 0 Å². The molecular formula is C15H20N2OS. The second-order valence-electron chi connectivity index (χ2n) is 4.72. The van der Waals surface area contributed by atoms with Crippen LogP contribution in [0, 0.1) is 0 Å². The van der Waals surface area contributed by atoms with Crippen molar-refractivity contribution in [2.75, 3.05) is 5.73 Å². The molecule has 0 bridgehead atoms. The molecule has 0 spiro atoms. The Morgan fingerprint density at radius 1 is 1.16 bits per heavy atom. The molecular weight excluding hydrogens is 256 g/mol. The molecule has 0 aliphatic carbocycles. The molecule has 0 amide bonds. The molecule has 0 fully saturated rings. The molecule has 1 aromatic carbocycles. The summed E-state index contributed by atoms with van der Waals surface area (Å²) in [7, 11) is 0. The number of rotatable bonds is 6. The largest absolute Gasteiger partial charge is 0.399 e. The molecule has 0 saturated heterocycles. The number of benzene rings is 1. The summed E-state index contributed by atoms with van der Waals surface area (Å²) in [5.74, 6) is 0. The lowest BCUT2D eigenvalue weighted by atomic mass is 10.1. The second kappa shape index (κ2) is 6.57. The van der Waals surface area contributed by atoms with Crippen LogP contribution in [-0.4, -0.2) is 4.57 Å². The lowest BCUT2D eigenvalue weighted by Gasteiger charge is -2.07. The van der Waals surface area contributed by atoms with E-state index in [-0.39, 0.29) is 4.87 Å². The third-order valence-electron chi connectivity index (χ3n) is 3.22. The molecule has 2 aromatic rings. The molecule has 0 aliphatic rings. The molecule has 1 heterocycles. The van der Waals surface area contributed by atoms with Crippen LogP contribution in [0.2, 0.25) is 0 Å². The molecule has 0 radical (unpaired) electrons. The van der Waals surface area contributed by atoms with Gasteiger partial charge in [0.15, 0.2) is 0 Å². The first-order valence-corrected chi connectivity index (χ1v) is 7.64. The van der Waals surface area contributed by atoms with Crippen LogP contribution < -0.4 is 10.6 Å². The number of nitrogens with zero attached hydrogens (tertiary/aromatic N) is 1. The third kappa shape index (κ3) is 3.47. The predicted octanol–water partition coefficient (Wildman–Crippen LogP) is 3.74. The molecule has 0 saturated carbocycles. The van der Waals surface area contributed by atoms with Crippen LogP contribution in [0.15, 0.2) is 34.4 Å². The van der Waals surface area contributed by atoms with E-state index >= 15 is 0 Å². The van der Waals surface area contributed by atoms with Crippen molar-refractivity contribution in [3.8, 4) is 11.3 Å². The van der Waals surface area contributed by atoms with Gasteiger partial charge in [0.05, 0.1) is 5.69 Å². The molecule has 4 heteroatoms. The van der Waals surface area contributed by atoms with Crippen molar-refractivity contribution in [1.29, 1.82) is 0 Å². The molecule has 2 rings (SSSR count). The van der Waals surface area contributed by atoms with Gasteiger partial charge >= 0.3 is 4.87 Å². The topological polar surface area (TPSA) is 48.0 Å². The minimum atomic E-state index is 0.128. The van der Waals surface area contributed by atoms with Gasteiger partial charge in [0.1, 0.15) is 0 Å². The zero-order chi connectivity index (χ0) is 13.7. The van der Waals surface area contributed by atoms with Gasteiger partial charge in [-0.05, 0) is 24.1 Å². The highest BCUT2D eigenvalue weighted by Crippen LogP contribution is 2.21. The number of hydrogen-bond acceptors (Lipinski definition) is 3. The maximum Gasteiger partial charge on any atom is 0.307 e. The number of nitrogens with two attached hydrogens (primary N) is 1. The summed E-state index contributed by atoms with van der Waals surface area (Å²) in [5, 5.41) is 1.94. The predicted molar refractivity (Wildman–Crippen MR) is 82.6 cm³/mol. The number of thiazole rings is 1. The highest BCUT2D eigenvalue weighted by molar-refractivity contribution is 7.07. The van der Waals surface area contributed by atoms with Crippen molar-refractivity contribution in [1.82, 2.24) is 4.57 Å². The number of anilines is 1. The fraction of sp³-hybridized carbons (Fsp3) is 0.400. The minimum Gasteiger partial charge on any atom is -0.399 e. The zero-order valence-electron chi connectivity index (χ0n) is 11.3. The average molecular weight is 276 g/mol. The normalized spacial score (nSPS) is 10.8. The van der Waals surface area contributed by atoms with Crippen LogP contribution in [0.4, 0.5) is 5.69 Å². The van der Waals surface area contributed by atoms with Crippen molar-refractivity contribution in [2.45, 2.75) is 39.2 Å². The fourth-order valence-electron chi connectivity index (χ4n) is 2.12. The molecule has 102 valence electrons. The Balaban J connectivity index is 2.17. The average Bonchev–Trinajstić information content (AvgIpc) is 2.77. The zero-order valence-corrected chi connectivity index (χ0v) is 12.1. The summed E-state index contributed by atoms with van der Waals surface area (Å²) in [6.45, 7) is 3.00. The van der Waals surface area contributed by atoms with Crippen LogP contribution in [0.3, 0.4) is 0 Å². The Kier molecular flexibility index (Phi) is 4.80. The molecule has 19 heavy (non-hydrogen) atoms. The van der Waals surface area contributed by atoms with Crippen molar-refractivity contribution in [2.24, 2.45) is 0 Å². The van der Waals surface area contributed by atoms with Gasteiger partial charge in [-0.25, -0.2) is 0 Å². The van der Waals surface area contributed by atoms with Gasteiger partial charge in [-0.15, -0.1) is 0 Å². The Morgan fingerprint density at radius 3 is 2.58 bits per heavy atom. The van der Waals surface area contributed by atoms with Crippen LogP contribution in [0.5, 0.6) is 0 Å². The van der Waals surface area contributed by atoms with E-state index in [4.69, 9.17) is 5.73 Å². The van der Waals surface area contributed by atoms with Crippen LogP contribution in [0.25, 0.3) is 11.3 Å². The van der Waals surface area contributed by atoms with Crippen molar-refractivity contribution in [3.05, 3.63) is 39.3 Å². The Morgan fingerprint density at radius 2 is 1.89 bits per heavy atom. The number of nitrogen functional groups attached to an aromatic ring is 1. The van der Waals surface area contributed by atoms with Crippen molar-refractivity contribution >= 4 is 17.0 Å². The first kappa shape index (κ1) is 13.9. The fourth-order valence-corrected chi connectivity index (χ4v) is 2.91. The van der Waals surface area contributed by atoms with Crippen molar-refractivity contribution < 1.29 is 0 Å². The van der Waals surface area contributed by atoms with E-state index in [1.165, 1.54) is 30.6 Å².